The highest BCUT2D eigenvalue weighted by Crippen LogP contribution is 2.64. The fourth-order valence-corrected chi connectivity index (χ4v) is 10.2. The molecule has 7 nitrogen and oxygen atoms in total. The van der Waals surface area contributed by atoms with Crippen molar-refractivity contribution < 1.29 is 19.4 Å². The predicted octanol–water partition coefficient (Wildman–Crippen LogP) is 6.48. The molecule has 9 heteroatoms. The van der Waals surface area contributed by atoms with E-state index in [9.17, 15) is 14.4 Å². The van der Waals surface area contributed by atoms with Gasteiger partial charge in [-0.15, -0.1) is 11.8 Å². The lowest BCUT2D eigenvalue weighted by atomic mass is 9.75. The summed E-state index contributed by atoms with van der Waals surface area (Å²) in [6, 6.07) is 24.5. The van der Waals surface area contributed by atoms with Crippen molar-refractivity contribution in [3.63, 3.8) is 0 Å². The SMILES string of the molecule is O=C(Cn1c2c(sc1=O)C(c1ccc(OCc3ccccc3)cc1)C1C3CCC(C3)C1S2)Nc1ccc(C(=O)O)cc1. The van der Waals surface area contributed by atoms with Gasteiger partial charge >= 0.3 is 10.8 Å². The van der Waals surface area contributed by atoms with Crippen molar-refractivity contribution in [2.24, 2.45) is 17.8 Å². The summed E-state index contributed by atoms with van der Waals surface area (Å²) in [7, 11) is 0. The number of ether oxygens (including phenoxy) is 1. The fraction of sp³-hybridized carbons (Fsp3) is 0.303. The van der Waals surface area contributed by atoms with Gasteiger partial charge in [0, 0.05) is 21.7 Å². The van der Waals surface area contributed by atoms with Crippen molar-refractivity contribution in [1.29, 1.82) is 0 Å². The smallest absolute Gasteiger partial charge is 0.335 e. The molecule has 5 atom stereocenters. The van der Waals surface area contributed by atoms with Gasteiger partial charge in [-0.2, -0.15) is 0 Å². The molecule has 1 aromatic heterocycles. The summed E-state index contributed by atoms with van der Waals surface area (Å²) in [4.78, 5) is 38.5. The molecule has 42 heavy (non-hydrogen) atoms. The summed E-state index contributed by atoms with van der Waals surface area (Å²) in [6.45, 7) is 0.428. The maximum absolute atomic E-state index is 13.4. The number of carbonyl (C=O) groups excluding carboxylic acids is 1. The van der Waals surface area contributed by atoms with Gasteiger partial charge in [-0.1, -0.05) is 53.8 Å². The Morgan fingerprint density at radius 2 is 1.69 bits per heavy atom. The number of hydrogen-bond donors (Lipinski definition) is 2. The van der Waals surface area contributed by atoms with Gasteiger partial charge in [0.05, 0.1) is 10.6 Å². The molecule has 2 saturated carbocycles. The number of fused-ring (bicyclic) bond motifs is 6. The first-order chi connectivity index (χ1) is 20.4. The maximum Gasteiger partial charge on any atom is 0.335 e. The van der Waals surface area contributed by atoms with Crippen molar-refractivity contribution in [1.82, 2.24) is 4.57 Å². The first-order valence-electron chi connectivity index (χ1n) is 14.2. The lowest BCUT2D eigenvalue weighted by Gasteiger charge is -2.40. The van der Waals surface area contributed by atoms with Crippen molar-refractivity contribution in [2.75, 3.05) is 5.32 Å². The van der Waals surface area contributed by atoms with Crippen LogP contribution in [0.25, 0.3) is 0 Å². The molecule has 4 aromatic rings. The minimum absolute atomic E-state index is 0.0805. The molecule has 2 N–H and O–H groups in total. The molecule has 2 fully saturated rings. The highest BCUT2D eigenvalue weighted by atomic mass is 32.2. The van der Waals surface area contributed by atoms with Gasteiger partial charge in [0.15, 0.2) is 0 Å². The van der Waals surface area contributed by atoms with Gasteiger partial charge in [-0.25, -0.2) is 4.79 Å². The van der Waals surface area contributed by atoms with Crippen LogP contribution in [-0.2, 0) is 17.9 Å². The topological polar surface area (TPSA) is 97.6 Å². The molecule has 1 amide bonds. The fourth-order valence-electron chi connectivity index (χ4n) is 7.01. The second kappa shape index (κ2) is 11.1. The molecular formula is C33H30N2O5S2. The number of carboxylic acids is 1. The largest absolute Gasteiger partial charge is 0.489 e. The Kier molecular flexibility index (Phi) is 7.15. The molecule has 2 heterocycles. The molecule has 2 aliphatic carbocycles. The number of aromatic carboxylic acids is 1. The second-order valence-electron chi connectivity index (χ2n) is 11.4. The summed E-state index contributed by atoms with van der Waals surface area (Å²) < 4.78 is 7.68. The molecule has 5 unspecified atom stereocenters. The van der Waals surface area contributed by atoms with Crippen LogP contribution < -0.4 is 14.9 Å². The Labute approximate surface area is 251 Å². The summed E-state index contributed by atoms with van der Waals surface area (Å²) in [5.41, 5.74) is 2.96. The van der Waals surface area contributed by atoms with E-state index in [0.717, 1.165) is 21.2 Å². The first kappa shape index (κ1) is 27.0. The average molecular weight is 599 g/mol. The maximum atomic E-state index is 13.4. The van der Waals surface area contributed by atoms with E-state index in [2.05, 4.69) is 17.4 Å². The number of anilines is 1. The first-order valence-corrected chi connectivity index (χ1v) is 15.9. The summed E-state index contributed by atoms with van der Waals surface area (Å²) in [5.74, 6) is 1.37. The van der Waals surface area contributed by atoms with E-state index in [1.807, 2.05) is 42.5 Å². The Morgan fingerprint density at radius 3 is 2.43 bits per heavy atom. The Balaban J connectivity index is 1.15. The van der Waals surface area contributed by atoms with Crippen molar-refractivity contribution in [3.05, 3.63) is 110 Å². The van der Waals surface area contributed by atoms with Crippen LogP contribution in [0.1, 0.15) is 51.5 Å². The zero-order valence-corrected chi connectivity index (χ0v) is 24.4. The van der Waals surface area contributed by atoms with Gasteiger partial charge in [0.25, 0.3) is 0 Å². The number of thiazole rings is 1. The van der Waals surface area contributed by atoms with Crippen LogP contribution in [0.3, 0.4) is 0 Å². The standard InChI is InChI=1S/C33H30N2O5S2/c36-26(34-24-12-8-21(9-13-24)32(37)38)17-35-31-30(42-33(35)39)27(28-22-6-7-23(16-22)29(28)41-31)20-10-14-25(15-11-20)40-18-19-4-2-1-3-5-19/h1-5,8-15,22-23,27-29H,6-7,16-18H2,(H,34,36)(H,37,38). The Morgan fingerprint density at radius 1 is 0.952 bits per heavy atom. The van der Waals surface area contributed by atoms with E-state index in [4.69, 9.17) is 9.84 Å². The molecule has 0 saturated heterocycles. The summed E-state index contributed by atoms with van der Waals surface area (Å²) in [6.07, 6.45) is 3.71. The van der Waals surface area contributed by atoms with Gasteiger partial charge in [-0.05, 0) is 84.5 Å². The molecule has 214 valence electrons. The van der Waals surface area contributed by atoms with Gasteiger partial charge in [0.2, 0.25) is 5.91 Å². The van der Waals surface area contributed by atoms with E-state index < -0.39 is 5.97 Å². The third-order valence-electron chi connectivity index (χ3n) is 8.90. The quantitative estimate of drug-likeness (QED) is 0.241. The number of amides is 1. The van der Waals surface area contributed by atoms with Crippen LogP contribution >= 0.6 is 23.1 Å². The molecule has 3 aromatic carbocycles. The van der Waals surface area contributed by atoms with Gasteiger partial charge < -0.3 is 15.2 Å². The third kappa shape index (κ3) is 5.05. The number of hydrogen-bond acceptors (Lipinski definition) is 6. The van der Waals surface area contributed by atoms with E-state index in [1.165, 1.54) is 48.3 Å². The number of carboxylic acid groups (broad SMARTS) is 1. The third-order valence-corrected chi connectivity index (χ3v) is 11.7. The van der Waals surface area contributed by atoms with Crippen LogP contribution in [0.15, 0.2) is 88.7 Å². The molecule has 0 spiro atoms. The number of aromatic nitrogens is 1. The van der Waals surface area contributed by atoms with Crippen molar-refractivity contribution in [3.8, 4) is 5.75 Å². The molecule has 0 radical (unpaired) electrons. The summed E-state index contributed by atoms with van der Waals surface area (Å²) >= 11 is 3.07. The lowest BCUT2D eigenvalue weighted by molar-refractivity contribution is -0.116. The number of carbonyl (C=O) groups is 2. The second-order valence-corrected chi connectivity index (χ2v) is 13.5. The highest BCUT2D eigenvalue weighted by molar-refractivity contribution is 8.00. The van der Waals surface area contributed by atoms with E-state index in [0.29, 0.717) is 35.3 Å². The molecular weight excluding hydrogens is 569 g/mol. The minimum Gasteiger partial charge on any atom is -0.489 e. The van der Waals surface area contributed by atoms with Crippen LogP contribution in [0.2, 0.25) is 0 Å². The number of nitrogens with zero attached hydrogens (tertiary/aromatic N) is 1. The number of nitrogens with one attached hydrogen (secondary N) is 1. The molecule has 3 aliphatic rings. The summed E-state index contributed by atoms with van der Waals surface area (Å²) in [5, 5.41) is 13.3. The number of benzene rings is 3. The highest BCUT2D eigenvalue weighted by Gasteiger charge is 2.55. The molecule has 1 aliphatic heterocycles. The van der Waals surface area contributed by atoms with Crippen molar-refractivity contribution >= 4 is 40.7 Å². The van der Waals surface area contributed by atoms with Crippen LogP contribution in [0, 0.1) is 17.8 Å². The zero-order valence-electron chi connectivity index (χ0n) is 22.8. The van der Waals surface area contributed by atoms with Crippen LogP contribution in [0.5, 0.6) is 5.75 Å². The Hall–Kier alpha value is -3.82. The Bertz CT molecular complexity index is 1680. The van der Waals surface area contributed by atoms with Gasteiger partial charge in [0.1, 0.15) is 18.9 Å². The van der Waals surface area contributed by atoms with E-state index in [1.54, 1.807) is 28.5 Å². The van der Waals surface area contributed by atoms with E-state index in [-0.39, 0.29) is 28.8 Å². The normalized spacial score (nSPS) is 23.7. The van der Waals surface area contributed by atoms with E-state index >= 15 is 0 Å². The van der Waals surface area contributed by atoms with Gasteiger partial charge in [-0.3, -0.25) is 14.2 Å². The number of thioether (sulfide) groups is 1. The molecule has 7 rings (SSSR count). The van der Waals surface area contributed by atoms with Crippen LogP contribution in [-0.4, -0.2) is 26.8 Å². The monoisotopic (exact) mass is 598 g/mol. The minimum atomic E-state index is -1.02. The predicted molar refractivity (Wildman–Crippen MR) is 164 cm³/mol. The molecule has 2 bridgehead atoms. The van der Waals surface area contributed by atoms with Crippen LogP contribution in [0.4, 0.5) is 5.69 Å². The number of rotatable bonds is 8. The average Bonchev–Trinajstić information content (AvgIpc) is 3.70. The zero-order chi connectivity index (χ0) is 28.8. The van der Waals surface area contributed by atoms with Crippen molar-refractivity contribution in [2.45, 2.75) is 48.6 Å². The lowest BCUT2D eigenvalue weighted by Crippen LogP contribution is -2.34.